The van der Waals surface area contributed by atoms with Crippen LogP contribution in [0.15, 0.2) is 82.1 Å². The van der Waals surface area contributed by atoms with E-state index in [1.165, 1.54) is 0 Å². The third-order valence-electron chi connectivity index (χ3n) is 4.62. The van der Waals surface area contributed by atoms with Gasteiger partial charge in [0.15, 0.2) is 0 Å². The van der Waals surface area contributed by atoms with E-state index in [0.29, 0.717) is 22.4 Å². The molecule has 0 bridgehead atoms. The second kappa shape index (κ2) is 5.39. The van der Waals surface area contributed by atoms with Gasteiger partial charge in [0.05, 0.1) is 5.39 Å². The molecule has 0 unspecified atom stereocenters. The lowest BCUT2D eigenvalue weighted by Gasteiger charge is -2.08. The number of fused-ring (bicyclic) bond motifs is 2. The lowest BCUT2D eigenvalue weighted by Crippen LogP contribution is -1.96. The topological polar surface area (TPSA) is 77.0 Å². The number of nitrogens with zero attached hydrogens (tertiary/aromatic N) is 1. The van der Waals surface area contributed by atoms with Crippen molar-refractivity contribution in [2.45, 2.75) is 0 Å². The Morgan fingerprint density at radius 3 is 2.50 bits per heavy atom. The molecule has 126 valence electrons. The fourth-order valence-electron chi connectivity index (χ4n) is 3.40. The van der Waals surface area contributed by atoms with Crippen molar-refractivity contribution >= 4 is 27.5 Å². The van der Waals surface area contributed by atoms with Gasteiger partial charge in [-0.1, -0.05) is 48.5 Å². The van der Waals surface area contributed by atoms with Gasteiger partial charge in [-0.2, -0.15) is 4.74 Å². The Labute approximate surface area is 148 Å². The van der Waals surface area contributed by atoms with Gasteiger partial charge in [0.1, 0.15) is 11.3 Å². The van der Waals surface area contributed by atoms with Crippen molar-refractivity contribution in [2.75, 3.05) is 5.73 Å². The molecule has 0 spiro atoms. The van der Waals surface area contributed by atoms with Gasteiger partial charge in [0.2, 0.25) is 0 Å². The molecular formula is C21H15N3O2. The quantitative estimate of drug-likeness (QED) is 0.470. The van der Waals surface area contributed by atoms with Crippen molar-refractivity contribution in [1.29, 1.82) is 0 Å². The molecular weight excluding hydrogens is 326 g/mol. The van der Waals surface area contributed by atoms with Gasteiger partial charge in [0, 0.05) is 27.7 Å². The maximum atomic E-state index is 12.4. The van der Waals surface area contributed by atoms with Crippen molar-refractivity contribution in [2.24, 2.45) is 0 Å². The molecule has 3 aromatic carbocycles. The van der Waals surface area contributed by atoms with Crippen LogP contribution in [0.2, 0.25) is 0 Å². The molecule has 0 aliphatic rings. The highest BCUT2D eigenvalue weighted by atomic mass is 16.5. The first kappa shape index (κ1) is 14.6. The summed E-state index contributed by atoms with van der Waals surface area (Å²) in [7, 11) is 0. The van der Waals surface area contributed by atoms with E-state index in [1.807, 2.05) is 66.7 Å². The second-order valence-electron chi connectivity index (χ2n) is 6.20. The van der Waals surface area contributed by atoms with Gasteiger partial charge in [0.25, 0.3) is 0 Å². The fraction of sp³-hybridized carbons (Fsp3) is 0. The number of para-hydroxylation sites is 3. The highest BCUT2D eigenvalue weighted by Crippen LogP contribution is 2.33. The van der Waals surface area contributed by atoms with Gasteiger partial charge >= 0.3 is 5.63 Å². The normalized spacial score (nSPS) is 11.4. The first-order valence-electron chi connectivity index (χ1n) is 8.30. The molecule has 0 amide bonds. The Bertz CT molecular complexity index is 1290. The molecule has 5 heteroatoms. The smallest absolute Gasteiger partial charge is 0.365 e. The molecule has 5 nitrogen and oxygen atoms in total. The Morgan fingerprint density at radius 2 is 1.65 bits per heavy atom. The molecule has 2 aromatic heterocycles. The van der Waals surface area contributed by atoms with Crippen LogP contribution in [0.3, 0.4) is 0 Å². The van der Waals surface area contributed by atoms with Crippen LogP contribution in [0.1, 0.15) is 0 Å². The zero-order valence-corrected chi connectivity index (χ0v) is 13.8. The molecule has 5 aromatic rings. The van der Waals surface area contributed by atoms with Gasteiger partial charge < -0.3 is 15.2 Å². The summed E-state index contributed by atoms with van der Waals surface area (Å²) in [5.74, 6) is 0.695. The Kier molecular flexibility index (Phi) is 3.03. The number of hydrogen-bond donors (Lipinski definition) is 2. The second-order valence-corrected chi connectivity index (χ2v) is 6.20. The van der Waals surface area contributed by atoms with Crippen LogP contribution in [0.25, 0.3) is 38.8 Å². The van der Waals surface area contributed by atoms with E-state index >= 15 is 0 Å². The molecule has 2 heterocycles. The largest absolute Gasteiger partial charge is 0.398 e. The van der Waals surface area contributed by atoms with Crippen LogP contribution in [0, 0.1) is 0 Å². The molecule has 0 radical (unpaired) electrons. The first-order valence-corrected chi connectivity index (χ1v) is 8.30. The summed E-state index contributed by atoms with van der Waals surface area (Å²) < 4.78 is 7.13. The van der Waals surface area contributed by atoms with Crippen LogP contribution in [0.5, 0.6) is 0 Å². The predicted octanol–water partition coefficient (Wildman–Crippen LogP) is 4.31. The van der Waals surface area contributed by atoms with Gasteiger partial charge in [-0.3, -0.25) is 0 Å². The van der Waals surface area contributed by atoms with Crippen LogP contribution < -0.4 is 11.4 Å². The van der Waals surface area contributed by atoms with E-state index in [-0.39, 0.29) is 5.63 Å². The summed E-state index contributed by atoms with van der Waals surface area (Å²) >= 11 is 0. The summed E-state index contributed by atoms with van der Waals surface area (Å²) in [6.07, 6.45) is 0. The number of anilines is 1. The average molecular weight is 341 g/mol. The maximum Gasteiger partial charge on any atom is 0.365 e. The van der Waals surface area contributed by atoms with Crippen LogP contribution in [-0.4, -0.2) is 9.72 Å². The summed E-state index contributed by atoms with van der Waals surface area (Å²) in [6.45, 7) is 0. The number of nitrogen functional groups attached to an aromatic ring is 1. The van der Waals surface area contributed by atoms with Crippen molar-refractivity contribution < 1.29 is 4.52 Å². The van der Waals surface area contributed by atoms with Gasteiger partial charge in [-0.15, -0.1) is 0 Å². The predicted molar refractivity (Wildman–Crippen MR) is 104 cm³/mol. The van der Waals surface area contributed by atoms with E-state index in [9.17, 15) is 4.79 Å². The van der Waals surface area contributed by atoms with E-state index in [2.05, 4.69) is 4.98 Å². The third kappa shape index (κ3) is 2.07. The highest BCUT2D eigenvalue weighted by molar-refractivity contribution is 5.97. The molecule has 5 rings (SSSR count). The lowest BCUT2D eigenvalue weighted by molar-refractivity contribution is 0.330. The third-order valence-corrected chi connectivity index (χ3v) is 4.62. The number of benzene rings is 3. The zero-order valence-electron chi connectivity index (χ0n) is 13.8. The maximum absolute atomic E-state index is 12.4. The minimum absolute atomic E-state index is 0.380. The molecule has 3 N–H and O–H groups in total. The molecule has 0 saturated carbocycles. The van der Waals surface area contributed by atoms with Crippen molar-refractivity contribution in [3.8, 4) is 16.9 Å². The van der Waals surface area contributed by atoms with E-state index < -0.39 is 0 Å². The SMILES string of the molecule is Nc1ccccc1-c1cccc2c(=O)on(-c3cc4ccccc4[nH]3)c12. The van der Waals surface area contributed by atoms with Crippen molar-refractivity contribution in [3.63, 3.8) is 0 Å². The monoisotopic (exact) mass is 341 g/mol. The molecule has 26 heavy (non-hydrogen) atoms. The molecule has 0 atom stereocenters. The molecule has 0 aliphatic carbocycles. The van der Waals surface area contributed by atoms with E-state index in [1.54, 1.807) is 10.8 Å². The first-order chi connectivity index (χ1) is 12.7. The number of nitrogens with one attached hydrogen (secondary N) is 1. The summed E-state index contributed by atoms with van der Waals surface area (Å²) in [4.78, 5) is 15.7. The highest BCUT2D eigenvalue weighted by Gasteiger charge is 2.18. The summed E-state index contributed by atoms with van der Waals surface area (Å²) in [5.41, 5.74) is 9.83. The lowest BCUT2D eigenvalue weighted by atomic mass is 10.0. The Balaban J connectivity index is 1.87. The number of aromatic nitrogens is 2. The minimum atomic E-state index is -0.380. The number of rotatable bonds is 2. The average Bonchev–Trinajstić information content (AvgIpc) is 3.23. The van der Waals surface area contributed by atoms with E-state index in [0.717, 1.165) is 22.0 Å². The van der Waals surface area contributed by atoms with Crippen LogP contribution in [-0.2, 0) is 0 Å². The summed E-state index contributed by atoms with van der Waals surface area (Å²) in [5, 5.41) is 1.56. The van der Waals surface area contributed by atoms with Gasteiger partial charge in [-0.25, -0.2) is 4.79 Å². The number of H-pyrrole nitrogens is 1. The summed E-state index contributed by atoms with van der Waals surface area (Å²) in [6, 6.07) is 23.0. The fourth-order valence-corrected chi connectivity index (χ4v) is 3.40. The zero-order chi connectivity index (χ0) is 17.7. The van der Waals surface area contributed by atoms with Gasteiger partial charge in [-0.05, 0) is 24.3 Å². The van der Waals surface area contributed by atoms with Crippen molar-refractivity contribution in [1.82, 2.24) is 9.72 Å². The molecule has 0 saturated heterocycles. The number of nitrogens with two attached hydrogens (primary N) is 1. The molecule has 0 aliphatic heterocycles. The Hall–Kier alpha value is -3.73. The van der Waals surface area contributed by atoms with E-state index in [4.69, 9.17) is 10.3 Å². The van der Waals surface area contributed by atoms with Crippen LogP contribution >= 0.6 is 0 Å². The number of aromatic amines is 1. The standard InChI is InChI=1S/C21H15N3O2/c22-17-10-3-2-7-14(17)15-8-5-9-16-20(15)24(26-21(16)25)19-12-13-6-1-4-11-18(13)23-19/h1-12,23H,22H2. The Morgan fingerprint density at radius 1 is 0.885 bits per heavy atom. The number of hydrogen-bond acceptors (Lipinski definition) is 3. The molecule has 0 fully saturated rings. The van der Waals surface area contributed by atoms with Crippen LogP contribution in [0.4, 0.5) is 5.69 Å². The minimum Gasteiger partial charge on any atom is -0.398 e. The van der Waals surface area contributed by atoms with Crippen molar-refractivity contribution in [3.05, 3.63) is 83.2 Å².